The Morgan fingerprint density at radius 2 is 1.76 bits per heavy atom. The highest BCUT2D eigenvalue weighted by Crippen LogP contribution is 2.26. The van der Waals surface area contributed by atoms with Gasteiger partial charge in [-0.05, 0) is 42.5 Å². The van der Waals surface area contributed by atoms with Crippen LogP contribution in [-0.2, 0) is 27.3 Å². The third-order valence-corrected chi connectivity index (χ3v) is 5.56. The Morgan fingerprint density at radius 1 is 1.00 bits per heavy atom. The van der Waals surface area contributed by atoms with Crippen molar-refractivity contribution in [3.63, 3.8) is 0 Å². The van der Waals surface area contributed by atoms with E-state index >= 15 is 0 Å². The number of piperidine rings is 1. The quantitative estimate of drug-likeness (QED) is 0.742. The zero-order valence-electron chi connectivity index (χ0n) is 16.2. The number of rotatable bonds is 4. The van der Waals surface area contributed by atoms with Crippen LogP contribution in [0.25, 0.3) is 0 Å². The van der Waals surface area contributed by atoms with Gasteiger partial charge in [-0.15, -0.1) is 0 Å². The van der Waals surface area contributed by atoms with Crippen molar-refractivity contribution in [1.82, 2.24) is 9.80 Å². The number of furan rings is 1. The summed E-state index contributed by atoms with van der Waals surface area (Å²) in [6.07, 6.45) is 4.85. The summed E-state index contributed by atoms with van der Waals surface area (Å²) in [6, 6.07) is 10.1. The van der Waals surface area contributed by atoms with Gasteiger partial charge in [-0.1, -0.05) is 24.3 Å². The first-order valence-corrected chi connectivity index (χ1v) is 9.99. The lowest BCUT2D eigenvalue weighted by molar-refractivity contribution is -0.156. The average Bonchev–Trinajstić information content (AvgIpc) is 3.31. The fraction of sp³-hybridized carbons (Fsp3) is 0.409. The maximum absolute atomic E-state index is 12.9. The molecule has 0 unspecified atom stereocenters. The number of carbonyl (C=O) groups is 3. The van der Waals surface area contributed by atoms with Crippen LogP contribution in [0.3, 0.4) is 0 Å². The summed E-state index contributed by atoms with van der Waals surface area (Å²) >= 11 is 0. The van der Waals surface area contributed by atoms with Gasteiger partial charge in [-0.2, -0.15) is 0 Å². The van der Waals surface area contributed by atoms with Crippen LogP contribution in [0.4, 0.5) is 0 Å². The van der Waals surface area contributed by atoms with E-state index in [1.165, 1.54) is 11.2 Å². The standard InChI is InChI=1S/C22H24N2O5/c25-20(23-10-4-1-5-11-23)15-29-22(27)18-13-16-7-2-3-8-17(16)14-24(18)21(26)19-9-6-12-28-19/h2-3,6-9,12,18H,1,4-5,10-11,13-15H2/t18-/m0/s1. The lowest BCUT2D eigenvalue weighted by Crippen LogP contribution is -2.50. The number of carbonyl (C=O) groups excluding carboxylic acids is 3. The second kappa shape index (κ2) is 8.51. The molecule has 0 spiro atoms. The van der Waals surface area contributed by atoms with Crippen molar-refractivity contribution < 1.29 is 23.5 Å². The third-order valence-electron chi connectivity index (χ3n) is 5.56. The first-order valence-electron chi connectivity index (χ1n) is 9.99. The SMILES string of the molecule is O=C(OCC(=O)N1CCCCC1)[C@@H]1Cc2ccccc2CN1C(=O)c1ccco1. The zero-order valence-corrected chi connectivity index (χ0v) is 16.2. The van der Waals surface area contributed by atoms with Crippen LogP contribution in [0.15, 0.2) is 47.1 Å². The molecule has 0 saturated carbocycles. The number of hydrogen-bond donors (Lipinski definition) is 0. The molecule has 1 aromatic heterocycles. The highest BCUT2D eigenvalue weighted by molar-refractivity contribution is 5.95. The molecule has 29 heavy (non-hydrogen) atoms. The van der Waals surface area contributed by atoms with E-state index in [-0.39, 0.29) is 30.7 Å². The fourth-order valence-electron chi connectivity index (χ4n) is 3.95. The molecule has 2 amide bonds. The summed E-state index contributed by atoms with van der Waals surface area (Å²) in [6.45, 7) is 1.40. The number of ether oxygens (including phenoxy) is 1. The Kier molecular flexibility index (Phi) is 5.64. The van der Waals surface area contributed by atoms with Gasteiger partial charge in [0.05, 0.1) is 6.26 Å². The third kappa shape index (κ3) is 4.18. The molecule has 0 aliphatic carbocycles. The van der Waals surface area contributed by atoms with E-state index in [4.69, 9.17) is 9.15 Å². The van der Waals surface area contributed by atoms with Crippen molar-refractivity contribution in [2.24, 2.45) is 0 Å². The summed E-state index contributed by atoms with van der Waals surface area (Å²) in [5, 5.41) is 0. The molecule has 0 radical (unpaired) electrons. The normalized spacial score (nSPS) is 18.8. The van der Waals surface area contributed by atoms with E-state index < -0.39 is 12.0 Å². The van der Waals surface area contributed by atoms with Gasteiger partial charge < -0.3 is 19.0 Å². The molecule has 7 nitrogen and oxygen atoms in total. The van der Waals surface area contributed by atoms with Gasteiger partial charge in [0.1, 0.15) is 6.04 Å². The lowest BCUT2D eigenvalue weighted by Gasteiger charge is -2.35. The molecule has 0 bridgehead atoms. The summed E-state index contributed by atoms with van der Waals surface area (Å²) < 4.78 is 10.6. The maximum Gasteiger partial charge on any atom is 0.329 e. The molecular weight excluding hydrogens is 372 g/mol. The predicted molar refractivity (Wildman–Crippen MR) is 104 cm³/mol. The van der Waals surface area contributed by atoms with Gasteiger partial charge in [0, 0.05) is 26.1 Å². The van der Waals surface area contributed by atoms with Gasteiger partial charge >= 0.3 is 5.97 Å². The number of hydrogen-bond acceptors (Lipinski definition) is 5. The van der Waals surface area contributed by atoms with E-state index in [9.17, 15) is 14.4 Å². The molecule has 3 heterocycles. The van der Waals surface area contributed by atoms with E-state index in [1.807, 2.05) is 24.3 Å². The van der Waals surface area contributed by atoms with Crippen molar-refractivity contribution in [3.8, 4) is 0 Å². The van der Waals surface area contributed by atoms with E-state index in [1.54, 1.807) is 17.0 Å². The Bertz CT molecular complexity index is 886. The van der Waals surface area contributed by atoms with Crippen LogP contribution in [-0.4, -0.2) is 53.3 Å². The number of nitrogens with zero attached hydrogens (tertiary/aromatic N) is 2. The van der Waals surface area contributed by atoms with Gasteiger partial charge in [-0.25, -0.2) is 4.79 Å². The predicted octanol–water partition coefficient (Wildman–Crippen LogP) is 2.40. The lowest BCUT2D eigenvalue weighted by atomic mass is 9.93. The van der Waals surface area contributed by atoms with Gasteiger partial charge in [0.15, 0.2) is 12.4 Å². The largest absolute Gasteiger partial charge is 0.459 e. The number of fused-ring (bicyclic) bond motifs is 1. The van der Waals surface area contributed by atoms with Crippen LogP contribution < -0.4 is 0 Å². The Balaban J connectivity index is 1.48. The Morgan fingerprint density at radius 3 is 2.48 bits per heavy atom. The van der Waals surface area contributed by atoms with Crippen LogP contribution in [0, 0.1) is 0 Å². The summed E-state index contributed by atoms with van der Waals surface area (Å²) in [7, 11) is 0. The molecule has 2 aliphatic rings. The number of benzene rings is 1. The molecular formula is C22H24N2O5. The molecule has 2 aliphatic heterocycles. The minimum absolute atomic E-state index is 0.173. The van der Waals surface area contributed by atoms with Crippen LogP contribution in [0.2, 0.25) is 0 Å². The Labute approximate surface area is 169 Å². The molecule has 1 aromatic carbocycles. The van der Waals surface area contributed by atoms with Crippen molar-refractivity contribution >= 4 is 17.8 Å². The number of amides is 2. The molecule has 1 fully saturated rings. The molecule has 152 valence electrons. The van der Waals surface area contributed by atoms with Gasteiger partial charge in [0.25, 0.3) is 11.8 Å². The summed E-state index contributed by atoms with van der Waals surface area (Å²) in [4.78, 5) is 41.3. The molecule has 4 rings (SSSR count). The molecule has 2 aromatic rings. The first kappa shape index (κ1) is 19.2. The topological polar surface area (TPSA) is 80.1 Å². The minimum Gasteiger partial charge on any atom is -0.459 e. The van der Waals surface area contributed by atoms with E-state index in [0.29, 0.717) is 19.5 Å². The Hall–Kier alpha value is -3.09. The minimum atomic E-state index is -0.795. The van der Waals surface area contributed by atoms with E-state index in [0.717, 1.165) is 30.4 Å². The first-order chi connectivity index (χ1) is 14.1. The molecule has 0 N–H and O–H groups in total. The molecule has 1 atom stereocenters. The number of likely N-dealkylation sites (tertiary alicyclic amines) is 1. The van der Waals surface area contributed by atoms with Crippen LogP contribution >= 0.6 is 0 Å². The summed E-state index contributed by atoms with van der Waals surface area (Å²) in [5.41, 5.74) is 1.99. The second-order valence-corrected chi connectivity index (χ2v) is 7.45. The van der Waals surface area contributed by atoms with Crippen molar-refractivity contribution in [2.75, 3.05) is 19.7 Å². The molecule has 1 saturated heterocycles. The summed E-state index contributed by atoms with van der Waals surface area (Å²) in [5.74, 6) is -0.941. The zero-order chi connectivity index (χ0) is 20.2. The van der Waals surface area contributed by atoms with Gasteiger partial charge in [0.2, 0.25) is 0 Å². The van der Waals surface area contributed by atoms with Crippen LogP contribution in [0.5, 0.6) is 0 Å². The van der Waals surface area contributed by atoms with Crippen molar-refractivity contribution in [1.29, 1.82) is 0 Å². The average molecular weight is 396 g/mol. The molecule has 7 heteroatoms. The van der Waals surface area contributed by atoms with E-state index in [2.05, 4.69) is 0 Å². The smallest absolute Gasteiger partial charge is 0.329 e. The van der Waals surface area contributed by atoms with Gasteiger partial charge in [-0.3, -0.25) is 9.59 Å². The second-order valence-electron chi connectivity index (χ2n) is 7.45. The maximum atomic E-state index is 12.9. The highest BCUT2D eigenvalue weighted by Gasteiger charge is 2.37. The highest BCUT2D eigenvalue weighted by atomic mass is 16.5. The number of esters is 1. The van der Waals surface area contributed by atoms with Crippen molar-refractivity contribution in [2.45, 2.75) is 38.3 Å². The van der Waals surface area contributed by atoms with Crippen LogP contribution in [0.1, 0.15) is 40.9 Å². The monoisotopic (exact) mass is 396 g/mol. The fourth-order valence-corrected chi connectivity index (χ4v) is 3.95. The van der Waals surface area contributed by atoms with Crippen molar-refractivity contribution in [3.05, 3.63) is 59.5 Å².